The van der Waals surface area contributed by atoms with Crippen molar-refractivity contribution in [1.82, 2.24) is 4.90 Å². The molecule has 23 heavy (non-hydrogen) atoms. The first-order valence-corrected chi connectivity index (χ1v) is 9.52. The summed E-state index contributed by atoms with van der Waals surface area (Å²) in [5.41, 5.74) is 0.994. The van der Waals surface area contributed by atoms with Crippen LogP contribution in [0.1, 0.15) is 5.56 Å². The lowest BCUT2D eigenvalue weighted by atomic mass is 10.2. The number of benzene rings is 1. The molecule has 0 radical (unpaired) electrons. The van der Waals surface area contributed by atoms with Gasteiger partial charge in [0, 0.05) is 29.5 Å². The molecule has 0 amide bonds. The topological polar surface area (TPSA) is 45.1 Å². The molecule has 0 spiro atoms. The molecule has 6 heteroatoms. The maximum absolute atomic E-state index is 9.60. The average molecular weight is 348 g/mol. The first-order chi connectivity index (χ1) is 11.3. The summed E-state index contributed by atoms with van der Waals surface area (Å²) >= 11 is 3.79. The van der Waals surface area contributed by atoms with Crippen molar-refractivity contribution < 1.29 is 9.84 Å². The molecular weight excluding hydrogens is 328 g/mol. The molecule has 2 aliphatic heterocycles. The van der Waals surface area contributed by atoms with E-state index < -0.39 is 0 Å². The molecule has 2 aliphatic rings. The number of methoxy groups -OCH3 is 1. The van der Waals surface area contributed by atoms with Gasteiger partial charge in [-0.25, -0.2) is 0 Å². The van der Waals surface area contributed by atoms with Crippen molar-refractivity contribution >= 4 is 34.8 Å². The third kappa shape index (κ3) is 4.26. The average Bonchev–Trinajstić information content (AvgIpc) is 3.06. The van der Waals surface area contributed by atoms with Crippen LogP contribution in [0.4, 0.5) is 0 Å². The minimum absolute atomic E-state index is 0.159. The van der Waals surface area contributed by atoms with Crippen molar-refractivity contribution in [2.45, 2.75) is 0 Å². The minimum atomic E-state index is 0.159. The fourth-order valence-corrected chi connectivity index (χ4v) is 4.25. The predicted molar refractivity (Wildman–Crippen MR) is 101 cm³/mol. The van der Waals surface area contributed by atoms with Crippen molar-refractivity contribution in [1.29, 1.82) is 0 Å². The zero-order valence-electron chi connectivity index (χ0n) is 13.1. The number of nitrogens with zero attached hydrogens (tertiary/aromatic N) is 2. The zero-order valence-corrected chi connectivity index (χ0v) is 14.7. The van der Waals surface area contributed by atoms with Gasteiger partial charge in [0.05, 0.1) is 13.7 Å². The molecule has 0 unspecified atom stereocenters. The molecule has 1 aromatic rings. The van der Waals surface area contributed by atoms with E-state index in [4.69, 9.17) is 4.74 Å². The van der Waals surface area contributed by atoms with Crippen molar-refractivity contribution in [3.05, 3.63) is 40.8 Å². The van der Waals surface area contributed by atoms with Crippen molar-refractivity contribution in [2.75, 3.05) is 38.2 Å². The van der Waals surface area contributed by atoms with Gasteiger partial charge in [-0.2, -0.15) is 11.8 Å². The Bertz CT molecular complexity index is 650. The number of ether oxygens (including phenoxy) is 1. The Hall–Kier alpha value is -1.53. The summed E-state index contributed by atoms with van der Waals surface area (Å²) in [6.07, 6.45) is 6.14. The Morgan fingerprint density at radius 2 is 2.13 bits per heavy atom. The highest BCUT2D eigenvalue weighted by atomic mass is 32.2. The van der Waals surface area contributed by atoms with Crippen LogP contribution in [0.25, 0.3) is 6.08 Å². The maximum Gasteiger partial charge on any atom is 0.164 e. The first kappa shape index (κ1) is 16.3. The molecular formula is C17H20N2O2S2. The molecule has 0 bridgehead atoms. The molecule has 1 fully saturated rings. The molecule has 122 valence electrons. The molecule has 1 aromatic carbocycles. The second kappa shape index (κ2) is 7.84. The highest BCUT2D eigenvalue weighted by Crippen LogP contribution is 2.29. The summed E-state index contributed by atoms with van der Waals surface area (Å²) < 4.78 is 5.12. The van der Waals surface area contributed by atoms with Gasteiger partial charge in [0.15, 0.2) is 16.7 Å². The van der Waals surface area contributed by atoms with E-state index in [0.717, 1.165) is 30.4 Å². The van der Waals surface area contributed by atoms with E-state index in [1.807, 2.05) is 36.0 Å². The normalized spacial score (nSPS) is 20.3. The van der Waals surface area contributed by atoms with Crippen molar-refractivity contribution in [2.24, 2.45) is 4.99 Å². The van der Waals surface area contributed by atoms with Gasteiger partial charge >= 0.3 is 0 Å². The molecule has 0 aliphatic carbocycles. The van der Waals surface area contributed by atoms with Gasteiger partial charge in [0.25, 0.3) is 0 Å². The molecule has 0 atom stereocenters. The number of amidine groups is 1. The van der Waals surface area contributed by atoms with Gasteiger partial charge < -0.3 is 14.7 Å². The molecule has 1 saturated heterocycles. The predicted octanol–water partition coefficient (Wildman–Crippen LogP) is 3.45. The second-order valence-corrected chi connectivity index (χ2v) is 7.54. The summed E-state index contributed by atoms with van der Waals surface area (Å²) in [6.45, 7) is 2.98. The summed E-state index contributed by atoms with van der Waals surface area (Å²) in [6, 6.07) is 5.33. The Labute approximate surface area is 145 Å². The van der Waals surface area contributed by atoms with E-state index in [0.29, 0.717) is 5.75 Å². The summed E-state index contributed by atoms with van der Waals surface area (Å²) in [4.78, 5) is 8.30. The lowest BCUT2D eigenvalue weighted by molar-refractivity contribution is 0.373. The zero-order chi connectivity index (χ0) is 16.1. The van der Waals surface area contributed by atoms with Crippen molar-refractivity contribution in [3.8, 4) is 11.5 Å². The second-order valence-electron chi connectivity index (χ2n) is 5.22. The van der Waals surface area contributed by atoms with E-state index in [1.165, 1.54) is 16.4 Å². The van der Waals surface area contributed by atoms with Gasteiger partial charge in [-0.05, 0) is 17.7 Å². The van der Waals surface area contributed by atoms with Gasteiger partial charge in [-0.15, -0.1) is 0 Å². The molecule has 1 N–H and O–H groups in total. The molecule has 0 aromatic heterocycles. The number of hydrogen-bond acceptors (Lipinski definition) is 6. The Kier molecular flexibility index (Phi) is 5.56. The fourth-order valence-electron chi connectivity index (χ4n) is 2.40. The quantitative estimate of drug-likeness (QED) is 0.906. The largest absolute Gasteiger partial charge is 0.504 e. The van der Waals surface area contributed by atoms with Gasteiger partial charge in [-0.1, -0.05) is 36.1 Å². The standard InChI is InChI=1S/C17H20N2O2S2/c1-21-16-11-13(5-6-15(16)20)3-2-4-14-12-18-17(23-14)19-7-9-22-10-8-19/h2-6,11,20H,7-10,12H2,1H3. The molecule has 4 nitrogen and oxygen atoms in total. The van der Waals surface area contributed by atoms with Crippen LogP contribution in [0, 0.1) is 0 Å². The Balaban J connectivity index is 1.58. The molecule has 2 heterocycles. The number of phenolic OH excluding ortho intramolecular Hbond substituents is 1. The number of hydrogen-bond donors (Lipinski definition) is 1. The van der Waals surface area contributed by atoms with Crippen LogP contribution >= 0.6 is 23.5 Å². The van der Waals surface area contributed by atoms with E-state index in [-0.39, 0.29) is 5.75 Å². The number of thioether (sulfide) groups is 2. The van der Waals surface area contributed by atoms with Gasteiger partial charge in [-0.3, -0.25) is 4.99 Å². The van der Waals surface area contributed by atoms with E-state index in [1.54, 1.807) is 24.9 Å². The molecule has 3 rings (SSSR count). The number of aliphatic imine (C=N–C) groups is 1. The fraction of sp³-hybridized carbons (Fsp3) is 0.353. The Morgan fingerprint density at radius 3 is 2.91 bits per heavy atom. The van der Waals surface area contributed by atoms with Crippen LogP contribution in [0.15, 0.2) is 40.2 Å². The van der Waals surface area contributed by atoms with Crippen LogP contribution in [-0.2, 0) is 0 Å². The van der Waals surface area contributed by atoms with Gasteiger partial charge in [0.2, 0.25) is 0 Å². The lowest BCUT2D eigenvalue weighted by Crippen LogP contribution is -2.35. The third-order valence-electron chi connectivity index (χ3n) is 3.65. The number of phenols is 1. The first-order valence-electron chi connectivity index (χ1n) is 7.55. The van der Waals surface area contributed by atoms with Gasteiger partial charge in [0.1, 0.15) is 0 Å². The summed E-state index contributed by atoms with van der Waals surface area (Å²) in [5.74, 6) is 3.04. The van der Waals surface area contributed by atoms with E-state index in [2.05, 4.69) is 16.0 Å². The summed E-state index contributed by atoms with van der Waals surface area (Å²) in [5, 5.41) is 10.8. The highest BCUT2D eigenvalue weighted by molar-refractivity contribution is 8.17. The smallest absolute Gasteiger partial charge is 0.164 e. The molecule has 0 saturated carbocycles. The Morgan fingerprint density at radius 1 is 1.30 bits per heavy atom. The monoisotopic (exact) mass is 348 g/mol. The number of aromatic hydroxyl groups is 1. The minimum Gasteiger partial charge on any atom is -0.504 e. The highest BCUT2D eigenvalue weighted by Gasteiger charge is 2.20. The van der Waals surface area contributed by atoms with Crippen LogP contribution < -0.4 is 4.74 Å². The third-order valence-corrected chi connectivity index (χ3v) is 5.69. The van der Waals surface area contributed by atoms with Crippen LogP contribution in [0.5, 0.6) is 11.5 Å². The van der Waals surface area contributed by atoms with E-state index in [9.17, 15) is 5.11 Å². The maximum atomic E-state index is 9.60. The van der Waals surface area contributed by atoms with E-state index >= 15 is 0 Å². The van der Waals surface area contributed by atoms with Crippen LogP contribution in [0.2, 0.25) is 0 Å². The number of allylic oxidation sites excluding steroid dienone is 2. The lowest BCUT2D eigenvalue weighted by Gasteiger charge is -2.27. The van der Waals surface area contributed by atoms with Crippen LogP contribution in [-0.4, -0.2) is 53.4 Å². The summed E-state index contributed by atoms with van der Waals surface area (Å²) in [7, 11) is 1.55. The number of rotatable bonds is 3. The van der Waals surface area contributed by atoms with Crippen molar-refractivity contribution in [3.63, 3.8) is 0 Å². The SMILES string of the molecule is COc1cc(C=CC=C2CN=C(N3CCSCC3)S2)ccc1O. The van der Waals surface area contributed by atoms with Crippen LogP contribution in [0.3, 0.4) is 0 Å².